The average molecular weight is 619 g/mol. The summed E-state index contributed by atoms with van der Waals surface area (Å²) in [5.74, 6) is -1.05. The lowest BCUT2D eigenvalue weighted by Crippen LogP contribution is -2.62. The van der Waals surface area contributed by atoms with Gasteiger partial charge in [0, 0.05) is 17.4 Å². The van der Waals surface area contributed by atoms with Crippen LogP contribution in [0.1, 0.15) is 50.2 Å². The van der Waals surface area contributed by atoms with Gasteiger partial charge in [0.05, 0.1) is 31.0 Å². The van der Waals surface area contributed by atoms with Gasteiger partial charge in [0.15, 0.2) is 6.29 Å². The van der Waals surface area contributed by atoms with Crippen molar-refractivity contribution in [2.45, 2.75) is 88.2 Å². The maximum Gasteiger partial charge on any atom is 0.351 e. The van der Waals surface area contributed by atoms with E-state index in [4.69, 9.17) is 19.9 Å². The van der Waals surface area contributed by atoms with Crippen molar-refractivity contribution in [3.63, 3.8) is 0 Å². The van der Waals surface area contributed by atoms with Crippen LogP contribution in [0.2, 0.25) is 0 Å². The Morgan fingerprint density at radius 3 is 2.36 bits per heavy atom. The molecule has 2 saturated heterocycles. The number of carbonyl (C=O) groups excluding carboxylic acids is 2. The zero-order valence-corrected chi connectivity index (χ0v) is 25.4. The fourth-order valence-electron chi connectivity index (χ4n) is 5.29. The number of likely N-dealkylation sites (N-methyl/N-ethyl adjacent to an activating group) is 1. The predicted octanol–water partition coefficient (Wildman–Crippen LogP) is -0.377. The summed E-state index contributed by atoms with van der Waals surface area (Å²) in [6.45, 7) is 4.47. The summed E-state index contributed by atoms with van der Waals surface area (Å²) in [4.78, 5) is 43.5. The highest BCUT2D eigenvalue weighted by Crippen LogP contribution is 2.32. The molecule has 0 radical (unpaired) electrons. The number of nitrogens with one attached hydrogen (secondary N) is 2. The normalized spacial score (nSPS) is 30.4. The number of amides is 2. The molecule has 3 heterocycles. The standard InChI is InChI=1S/C29H42N6O9/c1-15-19(44-26-24(38)23(37)22(34(4)5)16(2)43-26)10-11-21(42-15)35-13-12-20(33-28(35)41)32-25(39)17-6-8-18(9-7-17)31-27(40)29(3,30)14-36/h6-9,12-13,15-16,19,21-24,26,36-38H,10-11,14,30H2,1-5H3,(H,31,40)(H,32,33,39,41)/t15-,16-,19?,21-,22-,23+,24-,26-,29+/m1/s1. The Balaban J connectivity index is 1.32. The third kappa shape index (κ3) is 7.50. The largest absolute Gasteiger partial charge is 0.394 e. The Morgan fingerprint density at radius 2 is 1.77 bits per heavy atom. The second-order valence-corrected chi connectivity index (χ2v) is 11.8. The molecule has 44 heavy (non-hydrogen) atoms. The molecule has 1 aromatic heterocycles. The van der Waals surface area contributed by atoms with Gasteiger partial charge in [0.1, 0.15) is 29.8 Å². The lowest BCUT2D eigenvalue weighted by molar-refractivity contribution is -0.310. The van der Waals surface area contributed by atoms with Crippen LogP contribution in [-0.4, -0.2) is 111 Å². The Bertz CT molecular complexity index is 1370. The van der Waals surface area contributed by atoms with Crippen molar-refractivity contribution in [1.29, 1.82) is 0 Å². The quantitative estimate of drug-likeness (QED) is 0.212. The molecule has 2 aliphatic heterocycles. The van der Waals surface area contributed by atoms with E-state index in [9.17, 15) is 29.7 Å². The Labute approximate surface area is 254 Å². The van der Waals surface area contributed by atoms with Crippen LogP contribution in [0, 0.1) is 0 Å². The molecule has 2 amide bonds. The minimum absolute atomic E-state index is 0.0488. The first-order valence-electron chi connectivity index (χ1n) is 14.4. The highest BCUT2D eigenvalue weighted by molar-refractivity contribution is 6.04. The number of hydrogen-bond donors (Lipinski definition) is 6. The predicted molar refractivity (Wildman–Crippen MR) is 159 cm³/mol. The third-order valence-corrected chi connectivity index (χ3v) is 7.94. The minimum Gasteiger partial charge on any atom is -0.394 e. The number of nitrogens with zero attached hydrogens (tertiary/aromatic N) is 3. The maximum absolute atomic E-state index is 12.9. The van der Waals surface area contributed by atoms with E-state index in [-0.39, 0.29) is 23.5 Å². The highest BCUT2D eigenvalue weighted by Gasteiger charge is 2.46. The topological polar surface area (TPSA) is 211 Å². The number of benzene rings is 1. The molecule has 15 heteroatoms. The van der Waals surface area contributed by atoms with E-state index in [2.05, 4.69) is 15.6 Å². The molecule has 1 unspecified atom stereocenters. The van der Waals surface area contributed by atoms with Crippen LogP contribution in [0.4, 0.5) is 11.5 Å². The summed E-state index contributed by atoms with van der Waals surface area (Å²) >= 11 is 0. The van der Waals surface area contributed by atoms with Crippen molar-refractivity contribution in [3.05, 3.63) is 52.6 Å². The molecule has 2 fully saturated rings. The van der Waals surface area contributed by atoms with Crippen molar-refractivity contribution in [2.75, 3.05) is 31.3 Å². The zero-order chi connectivity index (χ0) is 32.3. The van der Waals surface area contributed by atoms with Crippen LogP contribution in [0.15, 0.2) is 41.3 Å². The summed E-state index contributed by atoms with van der Waals surface area (Å²) in [5, 5.41) is 35.6. The number of rotatable bonds is 9. The van der Waals surface area contributed by atoms with Gasteiger partial charge in [-0.2, -0.15) is 4.98 Å². The molecule has 0 saturated carbocycles. The lowest BCUT2D eigenvalue weighted by atomic mass is 9.96. The van der Waals surface area contributed by atoms with Crippen LogP contribution in [0.3, 0.4) is 0 Å². The van der Waals surface area contributed by atoms with E-state index < -0.39 is 66.6 Å². The van der Waals surface area contributed by atoms with Gasteiger partial charge in [0.2, 0.25) is 5.91 Å². The molecule has 9 atom stereocenters. The summed E-state index contributed by atoms with van der Waals surface area (Å²) in [5.41, 5.74) is 4.29. The van der Waals surface area contributed by atoms with Crippen molar-refractivity contribution in [2.24, 2.45) is 5.73 Å². The second-order valence-electron chi connectivity index (χ2n) is 11.8. The number of ether oxygens (including phenoxy) is 3. The fourth-order valence-corrected chi connectivity index (χ4v) is 5.29. The zero-order valence-electron chi connectivity index (χ0n) is 25.4. The molecule has 2 aromatic rings. The number of aromatic nitrogens is 2. The number of carbonyl (C=O) groups is 2. The Hall–Kier alpha value is -3.28. The number of nitrogens with two attached hydrogens (primary N) is 1. The second kappa shape index (κ2) is 13.8. The van der Waals surface area contributed by atoms with Crippen LogP contribution in [-0.2, 0) is 19.0 Å². The summed E-state index contributed by atoms with van der Waals surface area (Å²) in [7, 11) is 3.61. The van der Waals surface area contributed by atoms with Gasteiger partial charge < -0.3 is 50.8 Å². The summed E-state index contributed by atoms with van der Waals surface area (Å²) in [6, 6.07) is 7.07. The Kier molecular flexibility index (Phi) is 10.5. The van der Waals surface area contributed by atoms with Gasteiger partial charge in [-0.05, 0) is 78.0 Å². The van der Waals surface area contributed by atoms with E-state index in [0.717, 1.165) is 0 Å². The smallest absolute Gasteiger partial charge is 0.351 e. The highest BCUT2D eigenvalue weighted by atomic mass is 16.7. The monoisotopic (exact) mass is 618 g/mol. The molecular weight excluding hydrogens is 576 g/mol. The van der Waals surface area contributed by atoms with Crippen LogP contribution < -0.4 is 22.1 Å². The van der Waals surface area contributed by atoms with Gasteiger partial charge in [-0.3, -0.25) is 14.2 Å². The summed E-state index contributed by atoms with van der Waals surface area (Å²) < 4.78 is 19.3. The lowest BCUT2D eigenvalue weighted by Gasteiger charge is -2.46. The van der Waals surface area contributed by atoms with E-state index >= 15 is 0 Å². The van der Waals surface area contributed by atoms with E-state index in [0.29, 0.717) is 18.5 Å². The third-order valence-electron chi connectivity index (χ3n) is 7.94. The molecular formula is C29H42N6O9. The molecule has 0 bridgehead atoms. The van der Waals surface area contributed by atoms with Crippen LogP contribution in [0.5, 0.6) is 0 Å². The van der Waals surface area contributed by atoms with Gasteiger partial charge in [-0.1, -0.05) is 0 Å². The van der Waals surface area contributed by atoms with E-state index in [1.807, 2.05) is 6.92 Å². The van der Waals surface area contributed by atoms with Crippen LogP contribution in [0.25, 0.3) is 0 Å². The van der Waals surface area contributed by atoms with Crippen molar-refractivity contribution >= 4 is 23.3 Å². The van der Waals surface area contributed by atoms with Crippen LogP contribution >= 0.6 is 0 Å². The van der Waals surface area contributed by atoms with Gasteiger partial charge in [0.25, 0.3) is 5.91 Å². The van der Waals surface area contributed by atoms with Crippen molar-refractivity contribution in [1.82, 2.24) is 14.5 Å². The molecule has 0 spiro atoms. The molecule has 2 aliphatic rings. The first-order chi connectivity index (χ1) is 20.7. The minimum atomic E-state index is -1.45. The number of aliphatic hydroxyl groups excluding tert-OH is 3. The first-order valence-corrected chi connectivity index (χ1v) is 14.4. The molecule has 4 rings (SSSR count). The Morgan fingerprint density at radius 1 is 1.09 bits per heavy atom. The number of aliphatic hydroxyl groups is 3. The molecule has 1 aromatic carbocycles. The number of hydrogen-bond acceptors (Lipinski definition) is 12. The van der Waals surface area contributed by atoms with Gasteiger partial charge in [-0.25, -0.2) is 4.79 Å². The molecule has 242 valence electrons. The van der Waals surface area contributed by atoms with Gasteiger partial charge >= 0.3 is 5.69 Å². The first kappa shape index (κ1) is 33.6. The van der Waals surface area contributed by atoms with Crippen molar-refractivity contribution < 1.29 is 39.1 Å². The molecule has 0 aliphatic carbocycles. The SMILES string of the molecule is C[C@H]1O[C@@H](n2ccc(NC(=O)c3ccc(NC(=O)[C@@](C)(N)CO)cc3)nc2=O)CCC1O[C@H]1O[C@H](C)[C@@H](N(C)C)[C@H](O)[C@H]1O. The molecule has 15 nitrogen and oxygen atoms in total. The van der Waals surface area contributed by atoms with E-state index in [1.54, 1.807) is 25.9 Å². The average Bonchev–Trinajstić information content (AvgIpc) is 2.97. The van der Waals surface area contributed by atoms with E-state index in [1.165, 1.54) is 48.0 Å². The summed E-state index contributed by atoms with van der Waals surface area (Å²) in [6.07, 6.45) is -2.85. The maximum atomic E-state index is 12.9. The molecule has 7 N–H and O–H groups in total. The van der Waals surface area contributed by atoms with Gasteiger partial charge in [-0.15, -0.1) is 0 Å². The fraction of sp³-hybridized carbons (Fsp3) is 0.586. The van der Waals surface area contributed by atoms with Crippen molar-refractivity contribution in [3.8, 4) is 0 Å². The number of anilines is 2.